The molecule has 2 rings (SSSR count). The van der Waals surface area contributed by atoms with E-state index in [-0.39, 0.29) is 11.5 Å². The first kappa shape index (κ1) is 12.6. The molecule has 0 unspecified atom stereocenters. The van der Waals surface area contributed by atoms with Crippen molar-refractivity contribution in [3.63, 3.8) is 0 Å². The Balaban J connectivity index is 2.54. The molecule has 0 bridgehead atoms. The van der Waals surface area contributed by atoms with Crippen molar-refractivity contribution in [2.45, 2.75) is 26.7 Å². The lowest BCUT2D eigenvalue weighted by Gasteiger charge is -2.11. The zero-order valence-electron chi connectivity index (χ0n) is 10.8. The molecule has 0 amide bonds. The molecule has 2 N–H and O–H groups in total. The number of benzene rings is 2. The Hall–Kier alpha value is -1.83. The summed E-state index contributed by atoms with van der Waals surface area (Å²) < 4.78 is 13.5. The van der Waals surface area contributed by atoms with Crippen molar-refractivity contribution in [1.29, 1.82) is 0 Å². The number of halogens is 1. The van der Waals surface area contributed by atoms with Crippen LogP contribution >= 0.6 is 0 Å². The average molecular weight is 243 g/mol. The van der Waals surface area contributed by atoms with E-state index in [2.05, 4.69) is 26.0 Å². The summed E-state index contributed by atoms with van der Waals surface area (Å²) in [6.07, 6.45) is 1.99. The first-order chi connectivity index (χ1) is 8.67. The zero-order valence-corrected chi connectivity index (χ0v) is 10.8. The van der Waals surface area contributed by atoms with Gasteiger partial charge >= 0.3 is 0 Å². The molecule has 0 atom stereocenters. The molecule has 0 aromatic heterocycles. The van der Waals surface area contributed by atoms with Crippen LogP contribution in [0.15, 0.2) is 36.4 Å². The number of hydrogen-bond donors (Lipinski definition) is 1. The fourth-order valence-electron chi connectivity index (χ4n) is 2.26. The Kier molecular flexibility index (Phi) is 3.66. The standard InChI is InChI=1S/C16H18FN/c1-3-11-8-9-13(10-12(11)4-2)14-6-5-7-15(17)16(14)18/h5-10H,3-4,18H2,1-2H3. The zero-order chi connectivity index (χ0) is 13.1. The molecule has 0 saturated carbocycles. The molecule has 2 aromatic carbocycles. The Morgan fingerprint density at radius 1 is 1.00 bits per heavy atom. The molecule has 0 aliphatic carbocycles. The molecule has 1 nitrogen and oxygen atoms in total. The Labute approximate surface area is 107 Å². The summed E-state index contributed by atoms with van der Waals surface area (Å²) in [5.41, 5.74) is 10.4. The van der Waals surface area contributed by atoms with Crippen LogP contribution in [0.25, 0.3) is 11.1 Å². The third-order valence-corrected chi connectivity index (χ3v) is 3.33. The summed E-state index contributed by atoms with van der Waals surface area (Å²) in [4.78, 5) is 0. The van der Waals surface area contributed by atoms with Gasteiger partial charge in [0.25, 0.3) is 0 Å². The molecule has 0 spiro atoms. The highest BCUT2D eigenvalue weighted by Crippen LogP contribution is 2.29. The summed E-state index contributed by atoms with van der Waals surface area (Å²) in [6.45, 7) is 4.28. The SMILES string of the molecule is CCc1ccc(-c2cccc(F)c2N)cc1CC. The normalized spacial score (nSPS) is 10.6. The smallest absolute Gasteiger partial charge is 0.146 e. The summed E-state index contributed by atoms with van der Waals surface area (Å²) in [5.74, 6) is -0.356. The van der Waals surface area contributed by atoms with Gasteiger partial charge in [-0.2, -0.15) is 0 Å². The lowest BCUT2D eigenvalue weighted by molar-refractivity contribution is 0.633. The molecule has 18 heavy (non-hydrogen) atoms. The van der Waals surface area contributed by atoms with Crippen LogP contribution in [0, 0.1) is 5.82 Å². The van der Waals surface area contributed by atoms with Crippen LogP contribution in [0.4, 0.5) is 10.1 Å². The van der Waals surface area contributed by atoms with Gasteiger partial charge in [-0.25, -0.2) is 4.39 Å². The number of para-hydroxylation sites is 1. The third-order valence-electron chi connectivity index (χ3n) is 3.33. The van der Waals surface area contributed by atoms with Crippen LogP contribution in [0.2, 0.25) is 0 Å². The molecule has 2 aromatic rings. The van der Waals surface area contributed by atoms with Crippen LogP contribution in [-0.2, 0) is 12.8 Å². The van der Waals surface area contributed by atoms with Crippen molar-refractivity contribution in [2.24, 2.45) is 0 Å². The van der Waals surface area contributed by atoms with E-state index < -0.39 is 0 Å². The molecule has 94 valence electrons. The highest BCUT2D eigenvalue weighted by molar-refractivity contribution is 5.77. The van der Waals surface area contributed by atoms with Gasteiger partial charge in [0, 0.05) is 5.56 Å². The maximum absolute atomic E-state index is 13.5. The van der Waals surface area contributed by atoms with Gasteiger partial charge in [0.15, 0.2) is 0 Å². The Morgan fingerprint density at radius 3 is 2.39 bits per heavy atom. The minimum Gasteiger partial charge on any atom is -0.396 e. The minimum atomic E-state index is -0.356. The number of aryl methyl sites for hydroxylation is 2. The van der Waals surface area contributed by atoms with E-state index in [1.165, 1.54) is 17.2 Å². The number of nitrogens with two attached hydrogens (primary N) is 1. The van der Waals surface area contributed by atoms with Crippen LogP contribution in [0.3, 0.4) is 0 Å². The van der Waals surface area contributed by atoms with Gasteiger partial charge in [-0.15, -0.1) is 0 Å². The maximum Gasteiger partial charge on any atom is 0.146 e. The molecule has 0 radical (unpaired) electrons. The topological polar surface area (TPSA) is 26.0 Å². The van der Waals surface area contributed by atoms with E-state index in [9.17, 15) is 4.39 Å². The van der Waals surface area contributed by atoms with Crippen LogP contribution in [0.1, 0.15) is 25.0 Å². The second-order valence-corrected chi connectivity index (χ2v) is 4.39. The predicted octanol–water partition coefficient (Wildman–Crippen LogP) is 4.20. The lowest BCUT2D eigenvalue weighted by Crippen LogP contribution is -1.96. The van der Waals surface area contributed by atoms with Crippen molar-refractivity contribution in [3.8, 4) is 11.1 Å². The van der Waals surface area contributed by atoms with Crippen LogP contribution < -0.4 is 5.73 Å². The second kappa shape index (κ2) is 5.21. The molecule has 0 aliphatic heterocycles. The summed E-state index contributed by atoms with van der Waals surface area (Å²) >= 11 is 0. The molecular weight excluding hydrogens is 225 g/mol. The number of nitrogen functional groups attached to an aromatic ring is 1. The van der Waals surface area contributed by atoms with Gasteiger partial charge in [-0.3, -0.25) is 0 Å². The second-order valence-electron chi connectivity index (χ2n) is 4.39. The summed E-state index contributed by atoms with van der Waals surface area (Å²) in [7, 11) is 0. The molecule has 2 heteroatoms. The Morgan fingerprint density at radius 2 is 1.72 bits per heavy atom. The van der Waals surface area contributed by atoms with Gasteiger partial charge in [0.2, 0.25) is 0 Å². The molecule has 0 fully saturated rings. The van der Waals surface area contributed by atoms with E-state index in [1.54, 1.807) is 6.07 Å². The van der Waals surface area contributed by atoms with Gasteiger partial charge < -0.3 is 5.73 Å². The van der Waals surface area contributed by atoms with Gasteiger partial charge in [0.1, 0.15) is 5.82 Å². The van der Waals surface area contributed by atoms with Gasteiger partial charge in [-0.05, 0) is 35.6 Å². The summed E-state index contributed by atoms with van der Waals surface area (Å²) in [6, 6.07) is 11.2. The first-order valence-electron chi connectivity index (χ1n) is 6.33. The van der Waals surface area contributed by atoms with Crippen molar-refractivity contribution >= 4 is 5.69 Å². The van der Waals surface area contributed by atoms with E-state index >= 15 is 0 Å². The molecule has 0 saturated heterocycles. The summed E-state index contributed by atoms with van der Waals surface area (Å²) in [5, 5.41) is 0. The third kappa shape index (κ3) is 2.23. The predicted molar refractivity (Wildman–Crippen MR) is 75.0 cm³/mol. The minimum absolute atomic E-state index is 0.226. The lowest BCUT2D eigenvalue weighted by atomic mass is 9.96. The number of anilines is 1. The van der Waals surface area contributed by atoms with Crippen molar-refractivity contribution in [3.05, 3.63) is 53.3 Å². The van der Waals surface area contributed by atoms with Crippen LogP contribution in [0.5, 0.6) is 0 Å². The highest BCUT2D eigenvalue weighted by atomic mass is 19.1. The van der Waals surface area contributed by atoms with Gasteiger partial charge in [-0.1, -0.05) is 44.2 Å². The van der Waals surface area contributed by atoms with Crippen molar-refractivity contribution in [1.82, 2.24) is 0 Å². The fraction of sp³-hybridized carbons (Fsp3) is 0.250. The highest BCUT2D eigenvalue weighted by Gasteiger charge is 2.08. The largest absolute Gasteiger partial charge is 0.396 e. The Bertz CT molecular complexity index is 561. The maximum atomic E-state index is 13.5. The van der Waals surface area contributed by atoms with E-state index in [0.717, 1.165) is 24.0 Å². The fourth-order valence-corrected chi connectivity index (χ4v) is 2.26. The number of rotatable bonds is 3. The molecular formula is C16H18FN. The molecule has 0 aliphatic rings. The van der Waals surface area contributed by atoms with E-state index in [0.29, 0.717) is 0 Å². The van der Waals surface area contributed by atoms with Crippen molar-refractivity contribution < 1.29 is 4.39 Å². The van der Waals surface area contributed by atoms with E-state index in [1.807, 2.05) is 12.1 Å². The van der Waals surface area contributed by atoms with Crippen LogP contribution in [-0.4, -0.2) is 0 Å². The van der Waals surface area contributed by atoms with Crippen molar-refractivity contribution in [2.75, 3.05) is 5.73 Å². The monoisotopic (exact) mass is 243 g/mol. The van der Waals surface area contributed by atoms with Gasteiger partial charge in [0.05, 0.1) is 5.69 Å². The van der Waals surface area contributed by atoms with E-state index in [4.69, 9.17) is 5.73 Å². The molecule has 0 heterocycles. The number of hydrogen-bond acceptors (Lipinski definition) is 1. The first-order valence-corrected chi connectivity index (χ1v) is 6.33. The quantitative estimate of drug-likeness (QED) is 0.803. The average Bonchev–Trinajstić information content (AvgIpc) is 2.41.